The number of nitrogens with zero attached hydrogens (tertiary/aromatic N) is 3. The van der Waals surface area contributed by atoms with E-state index in [-0.39, 0.29) is 24.0 Å². The van der Waals surface area contributed by atoms with E-state index in [1.54, 1.807) is 25.4 Å². The number of ether oxygens (including phenoxy) is 1. The number of nitrogens with one attached hydrogen (secondary N) is 1. The zero-order valence-corrected chi connectivity index (χ0v) is 18.0. The van der Waals surface area contributed by atoms with Gasteiger partial charge in [0.2, 0.25) is 12.2 Å². The van der Waals surface area contributed by atoms with Gasteiger partial charge in [-0.25, -0.2) is 0 Å². The smallest absolute Gasteiger partial charge is 0.255 e. The molecule has 1 saturated carbocycles. The molecule has 2 aromatic rings. The molecule has 0 aliphatic heterocycles. The molecule has 1 aliphatic carbocycles. The van der Waals surface area contributed by atoms with Crippen LogP contribution in [0.4, 0.5) is 0 Å². The molecule has 2 aromatic carbocycles. The number of hydrogen-bond acceptors (Lipinski definition) is 4. The van der Waals surface area contributed by atoms with Crippen LogP contribution < -0.4 is 15.8 Å². The van der Waals surface area contributed by atoms with Gasteiger partial charge in [0.05, 0.1) is 18.7 Å². The molecule has 0 spiro atoms. The molecule has 1 amide bonds. The highest BCUT2D eigenvalue weighted by molar-refractivity contribution is 5.97. The summed E-state index contributed by atoms with van der Waals surface area (Å²) in [6.07, 6.45) is 5.44. The van der Waals surface area contributed by atoms with Gasteiger partial charge in [-0.1, -0.05) is 42.5 Å². The third kappa shape index (κ3) is 5.34. The zero-order chi connectivity index (χ0) is 22.2. The number of benzene rings is 2. The fraction of sp³-hybridized carbons (Fsp3) is 0.375. The number of guanidine groups is 1. The van der Waals surface area contributed by atoms with Crippen molar-refractivity contribution in [3.05, 3.63) is 65.7 Å². The summed E-state index contributed by atoms with van der Waals surface area (Å²) in [6.45, 7) is 0. The van der Waals surface area contributed by atoms with Crippen molar-refractivity contribution in [2.75, 3.05) is 14.2 Å². The van der Waals surface area contributed by atoms with Crippen LogP contribution in [0.3, 0.4) is 0 Å². The molecule has 0 bridgehead atoms. The molecule has 3 rings (SSSR count). The minimum Gasteiger partial charge on any atom is -0.496 e. The Labute approximate surface area is 183 Å². The minimum atomic E-state index is -0.143. The third-order valence-electron chi connectivity index (χ3n) is 6.08. The molecule has 0 heterocycles. The predicted octanol–water partition coefficient (Wildman–Crippen LogP) is 3.45. The summed E-state index contributed by atoms with van der Waals surface area (Å²) >= 11 is 0. The standard InChI is InChI=1S/C24H29N5O2/c1-29(24(26)27-16-25)19-14-12-18(13-15-19)22(17-8-4-3-5-9-17)28-23(30)20-10-6-7-11-21(20)31-2/h3-11,18-19,22H,12-15H2,1-2H3,(H2,26,27)(H,28,30). The summed E-state index contributed by atoms with van der Waals surface area (Å²) in [5.41, 5.74) is 7.50. The Balaban J connectivity index is 1.76. The summed E-state index contributed by atoms with van der Waals surface area (Å²) in [6, 6.07) is 17.5. The molecule has 7 nitrogen and oxygen atoms in total. The number of carbonyl (C=O) groups excluding carboxylic acids is 1. The lowest BCUT2D eigenvalue weighted by Gasteiger charge is -2.38. The van der Waals surface area contributed by atoms with Gasteiger partial charge in [0.15, 0.2) is 0 Å². The quantitative estimate of drug-likeness (QED) is 0.424. The first-order valence-electron chi connectivity index (χ1n) is 10.5. The Morgan fingerprint density at radius 2 is 1.81 bits per heavy atom. The van der Waals surface area contributed by atoms with Gasteiger partial charge >= 0.3 is 0 Å². The predicted molar refractivity (Wildman–Crippen MR) is 120 cm³/mol. The summed E-state index contributed by atoms with van der Waals surface area (Å²) in [5, 5.41) is 12.0. The topological polar surface area (TPSA) is 104 Å². The van der Waals surface area contributed by atoms with E-state index in [0.29, 0.717) is 17.2 Å². The number of rotatable bonds is 6. The van der Waals surface area contributed by atoms with Gasteiger partial charge in [-0.15, -0.1) is 4.99 Å². The maximum Gasteiger partial charge on any atom is 0.255 e. The van der Waals surface area contributed by atoms with Crippen LogP contribution in [0.5, 0.6) is 5.75 Å². The highest BCUT2D eigenvalue weighted by Crippen LogP contribution is 2.36. The highest BCUT2D eigenvalue weighted by Gasteiger charge is 2.32. The second-order valence-corrected chi connectivity index (χ2v) is 7.81. The van der Waals surface area contributed by atoms with Crippen LogP contribution >= 0.6 is 0 Å². The minimum absolute atomic E-state index is 0.102. The molecule has 1 aliphatic rings. The molecular weight excluding hydrogens is 390 g/mol. The molecule has 0 radical (unpaired) electrons. The lowest BCUT2D eigenvalue weighted by molar-refractivity contribution is 0.0901. The normalized spacial score (nSPS) is 19.7. The summed E-state index contributed by atoms with van der Waals surface area (Å²) < 4.78 is 5.37. The Bertz CT molecular complexity index is 946. The van der Waals surface area contributed by atoms with Crippen LogP contribution in [0.15, 0.2) is 59.6 Å². The monoisotopic (exact) mass is 419 g/mol. The van der Waals surface area contributed by atoms with Crippen molar-refractivity contribution in [3.63, 3.8) is 0 Å². The molecule has 7 heteroatoms. The molecule has 0 saturated heterocycles. The van der Waals surface area contributed by atoms with Crippen molar-refractivity contribution in [2.24, 2.45) is 16.6 Å². The molecule has 162 valence electrons. The number of carbonyl (C=O) groups is 1. The third-order valence-corrected chi connectivity index (χ3v) is 6.08. The van der Waals surface area contributed by atoms with E-state index in [9.17, 15) is 4.79 Å². The van der Waals surface area contributed by atoms with Crippen molar-refractivity contribution in [3.8, 4) is 11.9 Å². The first-order chi connectivity index (χ1) is 15.0. The van der Waals surface area contributed by atoms with Gasteiger partial charge in [0, 0.05) is 13.1 Å². The lowest BCUT2D eigenvalue weighted by atomic mass is 9.78. The van der Waals surface area contributed by atoms with E-state index in [1.807, 2.05) is 42.3 Å². The van der Waals surface area contributed by atoms with E-state index in [2.05, 4.69) is 22.4 Å². The molecule has 1 fully saturated rings. The number of para-hydroxylation sites is 1. The number of hydrogen-bond donors (Lipinski definition) is 2. The van der Waals surface area contributed by atoms with Crippen LogP contribution in [0.25, 0.3) is 0 Å². The molecule has 31 heavy (non-hydrogen) atoms. The average molecular weight is 420 g/mol. The first-order valence-corrected chi connectivity index (χ1v) is 10.5. The number of aliphatic imine (C=N–C) groups is 1. The highest BCUT2D eigenvalue weighted by atomic mass is 16.5. The largest absolute Gasteiger partial charge is 0.496 e. The second-order valence-electron chi connectivity index (χ2n) is 7.81. The summed E-state index contributed by atoms with van der Waals surface area (Å²) in [5.74, 6) is 0.954. The summed E-state index contributed by atoms with van der Waals surface area (Å²) in [4.78, 5) is 18.6. The molecular formula is C24H29N5O2. The van der Waals surface area contributed by atoms with Crippen molar-refractivity contribution in [1.82, 2.24) is 10.2 Å². The number of nitriles is 1. The lowest BCUT2D eigenvalue weighted by Crippen LogP contribution is -2.44. The van der Waals surface area contributed by atoms with Gasteiger partial charge < -0.3 is 20.7 Å². The van der Waals surface area contributed by atoms with Crippen LogP contribution in [0.2, 0.25) is 0 Å². The van der Waals surface area contributed by atoms with Crippen molar-refractivity contribution >= 4 is 11.9 Å². The Morgan fingerprint density at radius 3 is 2.45 bits per heavy atom. The van der Waals surface area contributed by atoms with Crippen molar-refractivity contribution in [2.45, 2.75) is 37.8 Å². The molecule has 1 atom stereocenters. The van der Waals surface area contributed by atoms with Crippen molar-refractivity contribution < 1.29 is 9.53 Å². The van der Waals surface area contributed by atoms with Crippen LogP contribution in [-0.2, 0) is 0 Å². The van der Waals surface area contributed by atoms with E-state index in [1.165, 1.54) is 0 Å². The van der Waals surface area contributed by atoms with E-state index in [4.69, 9.17) is 15.7 Å². The van der Waals surface area contributed by atoms with Gasteiger partial charge in [-0.2, -0.15) is 5.26 Å². The van der Waals surface area contributed by atoms with Gasteiger partial charge in [-0.05, 0) is 49.3 Å². The molecule has 1 unspecified atom stereocenters. The van der Waals surface area contributed by atoms with Crippen LogP contribution in [-0.4, -0.2) is 37.0 Å². The SMILES string of the molecule is COc1ccccc1C(=O)NC(c1ccccc1)C1CCC(N(C)C(N)=NC#N)CC1. The average Bonchev–Trinajstić information content (AvgIpc) is 2.82. The van der Waals surface area contributed by atoms with E-state index in [0.717, 1.165) is 31.2 Å². The van der Waals surface area contributed by atoms with Gasteiger partial charge in [0.25, 0.3) is 5.91 Å². The number of methoxy groups -OCH3 is 1. The van der Waals surface area contributed by atoms with Crippen LogP contribution in [0, 0.1) is 17.4 Å². The van der Waals surface area contributed by atoms with Gasteiger partial charge in [-0.3, -0.25) is 4.79 Å². The number of nitrogens with two attached hydrogens (primary N) is 1. The van der Waals surface area contributed by atoms with Gasteiger partial charge in [0.1, 0.15) is 5.75 Å². The fourth-order valence-electron chi connectivity index (χ4n) is 4.32. The van der Waals surface area contributed by atoms with E-state index < -0.39 is 0 Å². The first kappa shape index (κ1) is 22.2. The van der Waals surface area contributed by atoms with Crippen molar-refractivity contribution in [1.29, 1.82) is 5.26 Å². The Kier molecular flexibility index (Phi) is 7.50. The Hall–Kier alpha value is -3.53. The fourth-order valence-corrected chi connectivity index (χ4v) is 4.32. The molecule has 3 N–H and O–H groups in total. The second kappa shape index (κ2) is 10.5. The zero-order valence-electron chi connectivity index (χ0n) is 18.0. The van der Waals surface area contributed by atoms with E-state index >= 15 is 0 Å². The maximum absolute atomic E-state index is 13.1. The molecule has 0 aromatic heterocycles. The summed E-state index contributed by atoms with van der Waals surface area (Å²) in [7, 11) is 3.44. The van der Waals surface area contributed by atoms with Crippen LogP contribution in [0.1, 0.15) is 47.6 Å². The Morgan fingerprint density at radius 1 is 1.16 bits per heavy atom. The number of amides is 1. The maximum atomic E-state index is 13.1.